The molecule has 0 saturated heterocycles. The minimum absolute atomic E-state index is 0.176. The number of fused-ring (bicyclic) bond motifs is 1. The predicted octanol–water partition coefficient (Wildman–Crippen LogP) is 4.50. The number of sulfonamides is 1. The molecule has 0 atom stereocenters. The van der Waals surface area contributed by atoms with Gasteiger partial charge in [-0.05, 0) is 61.5 Å². The number of ether oxygens (including phenoxy) is 2. The van der Waals surface area contributed by atoms with Gasteiger partial charge in [0, 0.05) is 11.6 Å². The van der Waals surface area contributed by atoms with E-state index in [-0.39, 0.29) is 16.1 Å². The minimum atomic E-state index is -4.27. The molecule has 0 N–H and O–H groups in total. The first-order valence-electron chi connectivity index (χ1n) is 11.0. The highest BCUT2D eigenvalue weighted by atomic mass is 32.2. The molecule has 3 aromatic carbocycles. The highest BCUT2D eigenvalue weighted by Gasteiger charge is 2.29. The van der Waals surface area contributed by atoms with Crippen LogP contribution in [-0.2, 0) is 14.8 Å². The number of esters is 1. The van der Waals surface area contributed by atoms with Gasteiger partial charge in [-0.2, -0.15) is 0 Å². The van der Waals surface area contributed by atoms with Crippen LogP contribution < -0.4 is 9.04 Å². The lowest BCUT2D eigenvalue weighted by atomic mass is 10.2. The molecule has 36 heavy (non-hydrogen) atoms. The van der Waals surface area contributed by atoms with Gasteiger partial charge in [0.25, 0.3) is 15.9 Å². The van der Waals surface area contributed by atoms with Crippen molar-refractivity contribution in [2.75, 3.05) is 24.6 Å². The van der Waals surface area contributed by atoms with Crippen molar-refractivity contribution in [3.8, 4) is 5.75 Å². The summed E-state index contributed by atoms with van der Waals surface area (Å²) in [5, 5.41) is 0.492. The Hall–Kier alpha value is -4.18. The molecule has 0 fully saturated rings. The lowest BCUT2D eigenvalue weighted by molar-refractivity contribution is 0.0603. The summed E-state index contributed by atoms with van der Waals surface area (Å²) in [7, 11) is -3.03. The normalized spacial score (nSPS) is 11.3. The average molecular weight is 511 g/mol. The van der Waals surface area contributed by atoms with Gasteiger partial charge in [0.1, 0.15) is 18.1 Å². The van der Waals surface area contributed by atoms with E-state index >= 15 is 0 Å². The predicted molar refractivity (Wildman–Crippen MR) is 132 cm³/mol. The summed E-state index contributed by atoms with van der Waals surface area (Å²) < 4.78 is 53.1. The first-order chi connectivity index (χ1) is 17.3. The maximum absolute atomic E-state index is 13.6. The van der Waals surface area contributed by atoms with E-state index in [0.29, 0.717) is 23.3 Å². The van der Waals surface area contributed by atoms with Crippen LogP contribution in [0.5, 0.6) is 5.75 Å². The molecular weight excluding hydrogens is 487 g/mol. The first kappa shape index (κ1) is 24.9. The highest BCUT2D eigenvalue weighted by molar-refractivity contribution is 7.92. The van der Waals surface area contributed by atoms with Crippen molar-refractivity contribution in [1.29, 1.82) is 0 Å². The van der Waals surface area contributed by atoms with Crippen molar-refractivity contribution in [3.05, 3.63) is 90.4 Å². The van der Waals surface area contributed by atoms with Crippen LogP contribution in [0.25, 0.3) is 10.9 Å². The molecule has 0 radical (unpaired) electrons. The summed E-state index contributed by atoms with van der Waals surface area (Å²) in [4.78, 5) is 25.6. The van der Waals surface area contributed by atoms with Crippen molar-refractivity contribution in [2.24, 2.45) is 0 Å². The first-order valence-corrected chi connectivity index (χ1v) is 12.4. The molecule has 4 rings (SSSR count). The van der Waals surface area contributed by atoms with E-state index in [1.807, 2.05) is 6.92 Å². The molecule has 10 heteroatoms. The molecule has 0 spiro atoms. The van der Waals surface area contributed by atoms with Gasteiger partial charge >= 0.3 is 5.97 Å². The number of hydrogen-bond donors (Lipinski definition) is 0. The molecule has 0 bridgehead atoms. The van der Waals surface area contributed by atoms with Gasteiger partial charge < -0.3 is 9.47 Å². The standard InChI is InChI=1S/C26H23FN2O6S/c1-3-35-20-12-10-19(11-13-20)29(36(32,33)21-14-8-18(27)9-15-21)17-25(30)28-16-23(26(31)34-2)22-6-4-5-7-24(22)28/h4-16H,3,17H2,1-2H3. The Morgan fingerprint density at radius 2 is 1.64 bits per heavy atom. The van der Waals surface area contributed by atoms with Gasteiger partial charge in [-0.25, -0.2) is 17.6 Å². The largest absolute Gasteiger partial charge is 0.494 e. The molecule has 0 aliphatic carbocycles. The van der Waals surface area contributed by atoms with Crippen molar-refractivity contribution in [1.82, 2.24) is 4.57 Å². The van der Waals surface area contributed by atoms with Crippen molar-refractivity contribution in [2.45, 2.75) is 11.8 Å². The van der Waals surface area contributed by atoms with E-state index in [2.05, 4.69) is 0 Å². The zero-order valence-electron chi connectivity index (χ0n) is 19.5. The van der Waals surface area contributed by atoms with Crippen LogP contribution in [0.1, 0.15) is 22.1 Å². The molecule has 0 amide bonds. The molecule has 1 aromatic heterocycles. The third-order valence-electron chi connectivity index (χ3n) is 5.50. The van der Waals surface area contributed by atoms with Crippen LogP contribution in [0.2, 0.25) is 0 Å². The zero-order valence-corrected chi connectivity index (χ0v) is 20.4. The molecule has 0 unspecified atom stereocenters. The number of aromatic nitrogens is 1. The Morgan fingerprint density at radius 3 is 2.28 bits per heavy atom. The van der Waals surface area contributed by atoms with Gasteiger partial charge in [0.05, 0.1) is 35.4 Å². The number of carbonyl (C=O) groups is 2. The van der Waals surface area contributed by atoms with E-state index in [4.69, 9.17) is 9.47 Å². The maximum atomic E-state index is 13.6. The van der Waals surface area contributed by atoms with E-state index in [1.165, 1.54) is 30.0 Å². The van der Waals surface area contributed by atoms with Crippen molar-refractivity contribution in [3.63, 3.8) is 0 Å². The van der Waals surface area contributed by atoms with Crippen LogP contribution in [0, 0.1) is 5.82 Å². The molecule has 0 aliphatic rings. The second-order valence-corrected chi connectivity index (χ2v) is 9.57. The minimum Gasteiger partial charge on any atom is -0.494 e. The van der Waals surface area contributed by atoms with E-state index in [9.17, 15) is 22.4 Å². The Bertz CT molecular complexity index is 1510. The Balaban J connectivity index is 1.78. The number of anilines is 1. The molecule has 186 valence electrons. The lowest BCUT2D eigenvalue weighted by Crippen LogP contribution is -2.37. The quantitative estimate of drug-likeness (QED) is 0.324. The SMILES string of the molecule is CCOc1ccc(N(CC(=O)n2cc(C(=O)OC)c3ccccc32)S(=O)(=O)c2ccc(F)cc2)cc1. The van der Waals surface area contributed by atoms with E-state index in [1.54, 1.807) is 36.4 Å². The smallest absolute Gasteiger partial charge is 0.340 e. The van der Waals surface area contributed by atoms with E-state index in [0.717, 1.165) is 28.6 Å². The van der Waals surface area contributed by atoms with Crippen LogP contribution in [0.15, 0.2) is 83.9 Å². The number of rotatable bonds is 8. The van der Waals surface area contributed by atoms with Crippen molar-refractivity contribution >= 4 is 38.5 Å². The summed E-state index contributed by atoms with van der Waals surface area (Å²) in [6.45, 7) is 1.66. The summed E-state index contributed by atoms with van der Waals surface area (Å²) >= 11 is 0. The second-order valence-electron chi connectivity index (χ2n) is 7.71. The van der Waals surface area contributed by atoms with Gasteiger partial charge in [-0.15, -0.1) is 0 Å². The average Bonchev–Trinajstić information content (AvgIpc) is 3.27. The fourth-order valence-corrected chi connectivity index (χ4v) is 5.20. The fourth-order valence-electron chi connectivity index (χ4n) is 3.78. The highest BCUT2D eigenvalue weighted by Crippen LogP contribution is 2.28. The monoisotopic (exact) mass is 510 g/mol. The number of carbonyl (C=O) groups excluding carboxylic acids is 2. The van der Waals surface area contributed by atoms with Gasteiger partial charge in [-0.1, -0.05) is 18.2 Å². The number of hydrogen-bond acceptors (Lipinski definition) is 6. The Labute approximate surface area is 207 Å². The molecular formula is C26H23FN2O6S. The number of halogens is 1. The van der Waals surface area contributed by atoms with Gasteiger partial charge in [-0.3, -0.25) is 13.7 Å². The zero-order chi connectivity index (χ0) is 25.9. The third-order valence-corrected chi connectivity index (χ3v) is 7.29. The summed E-state index contributed by atoms with van der Waals surface area (Å²) in [5.41, 5.74) is 0.810. The number of para-hydroxylation sites is 1. The van der Waals surface area contributed by atoms with Crippen LogP contribution in [0.4, 0.5) is 10.1 Å². The number of methoxy groups -OCH3 is 1. The number of nitrogens with zero attached hydrogens (tertiary/aromatic N) is 2. The van der Waals surface area contributed by atoms with Crippen LogP contribution >= 0.6 is 0 Å². The van der Waals surface area contributed by atoms with E-state index < -0.39 is 34.3 Å². The molecule has 1 heterocycles. The molecule has 0 aliphatic heterocycles. The summed E-state index contributed by atoms with van der Waals surface area (Å²) in [6, 6.07) is 17.3. The van der Waals surface area contributed by atoms with Crippen molar-refractivity contribution < 1.29 is 31.9 Å². The van der Waals surface area contributed by atoms with Crippen LogP contribution in [0.3, 0.4) is 0 Å². The Kier molecular flexibility index (Phi) is 7.07. The number of benzene rings is 3. The lowest BCUT2D eigenvalue weighted by Gasteiger charge is -2.24. The summed E-state index contributed by atoms with van der Waals surface area (Å²) in [5.74, 6) is -1.29. The van der Waals surface area contributed by atoms with Gasteiger partial charge in [0.2, 0.25) is 0 Å². The summed E-state index contributed by atoms with van der Waals surface area (Å²) in [6.07, 6.45) is 1.33. The molecule has 4 aromatic rings. The fraction of sp³-hybridized carbons (Fsp3) is 0.154. The molecule has 0 saturated carbocycles. The maximum Gasteiger partial charge on any atom is 0.340 e. The topological polar surface area (TPSA) is 94.9 Å². The second kappa shape index (κ2) is 10.2. The van der Waals surface area contributed by atoms with Gasteiger partial charge in [0.15, 0.2) is 0 Å². The Morgan fingerprint density at radius 1 is 0.972 bits per heavy atom. The third kappa shape index (κ3) is 4.80. The molecule has 8 nitrogen and oxygen atoms in total. The van der Waals surface area contributed by atoms with Crippen LogP contribution in [-0.4, -0.2) is 45.1 Å².